The van der Waals surface area contributed by atoms with E-state index in [-0.39, 0.29) is 35.9 Å². The molecule has 1 aliphatic heterocycles. The lowest BCUT2D eigenvalue weighted by atomic mass is 9.91. The summed E-state index contributed by atoms with van der Waals surface area (Å²) < 4.78 is 0. The number of carbonyl (C=O) groups excluding carboxylic acids is 2. The molecule has 2 rings (SSSR count). The standard InChI is InChI=1S/C16H28N2O2/c1-4-8-13-15(19)17-14(11(3)5-2)16(20)18(13)12-9-6-7-10-12/h11-14H,4-10H2,1-3H3,(H,17,19). The number of hydrogen-bond donors (Lipinski definition) is 1. The SMILES string of the molecule is CCCC1C(=O)NC(C(C)CC)C(=O)N1C1CCCC1. The van der Waals surface area contributed by atoms with Gasteiger partial charge in [0.1, 0.15) is 12.1 Å². The fourth-order valence-electron chi connectivity index (χ4n) is 3.53. The Balaban J connectivity index is 2.23. The topological polar surface area (TPSA) is 49.4 Å². The summed E-state index contributed by atoms with van der Waals surface area (Å²) in [6.45, 7) is 6.20. The second kappa shape index (κ2) is 6.59. The molecule has 3 atom stereocenters. The summed E-state index contributed by atoms with van der Waals surface area (Å²) in [5.74, 6) is 0.422. The molecule has 1 heterocycles. The van der Waals surface area contributed by atoms with Crippen molar-refractivity contribution in [3.8, 4) is 0 Å². The zero-order valence-electron chi connectivity index (χ0n) is 13.0. The zero-order chi connectivity index (χ0) is 14.7. The van der Waals surface area contributed by atoms with E-state index in [2.05, 4.69) is 26.1 Å². The Hall–Kier alpha value is -1.06. The summed E-state index contributed by atoms with van der Waals surface area (Å²) in [4.78, 5) is 27.2. The van der Waals surface area contributed by atoms with Crippen molar-refractivity contribution in [1.82, 2.24) is 10.2 Å². The quantitative estimate of drug-likeness (QED) is 0.841. The lowest BCUT2D eigenvalue weighted by Crippen LogP contribution is -2.66. The molecule has 0 spiro atoms. The van der Waals surface area contributed by atoms with E-state index in [4.69, 9.17) is 0 Å². The summed E-state index contributed by atoms with van der Waals surface area (Å²) in [5, 5.41) is 2.98. The van der Waals surface area contributed by atoms with Crippen LogP contribution in [0.1, 0.15) is 65.7 Å². The first kappa shape index (κ1) is 15.3. The minimum atomic E-state index is -0.318. The molecule has 2 amide bonds. The molecule has 1 saturated carbocycles. The average molecular weight is 280 g/mol. The van der Waals surface area contributed by atoms with Crippen LogP contribution in [0.25, 0.3) is 0 Å². The first-order chi connectivity index (χ1) is 9.60. The van der Waals surface area contributed by atoms with Gasteiger partial charge in [0.25, 0.3) is 0 Å². The van der Waals surface area contributed by atoms with Gasteiger partial charge in [-0.25, -0.2) is 0 Å². The molecule has 2 aliphatic rings. The van der Waals surface area contributed by atoms with Gasteiger partial charge in [0.2, 0.25) is 11.8 Å². The fraction of sp³-hybridized carbons (Fsp3) is 0.875. The van der Waals surface area contributed by atoms with Crippen LogP contribution < -0.4 is 5.32 Å². The minimum absolute atomic E-state index is 0.0589. The van der Waals surface area contributed by atoms with Gasteiger partial charge >= 0.3 is 0 Å². The number of rotatable bonds is 5. The molecule has 1 saturated heterocycles. The van der Waals surface area contributed by atoms with Crippen LogP contribution in [0, 0.1) is 5.92 Å². The Bertz CT molecular complexity index is 363. The van der Waals surface area contributed by atoms with E-state index >= 15 is 0 Å². The third-order valence-electron chi connectivity index (χ3n) is 4.95. The summed E-state index contributed by atoms with van der Waals surface area (Å²) in [5.41, 5.74) is 0. The predicted molar refractivity (Wildman–Crippen MR) is 79.2 cm³/mol. The first-order valence-electron chi connectivity index (χ1n) is 8.22. The van der Waals surface area contributed by atoms with E-state index in [0.717, 1.165) is 32.1 Å². The van der Waals surface area contributed by atoms with E-state index in [9.17, 15) is 9.59 Å². The third kappa shape index (κ3) is 2.84. The molecule has 20 heavy (non-hydrogen) atoms. The summed E-state index contributed by atoms with van der Waals surface area (Å²) in [7, 11) is 0. The highest BCUT2D eigenvalue weighted by molar-refractivity contribution is 5.97. The van der Waals surface area contributed by atoms with Crippen molar-refractivity contribution in [2.45, 2.75) is 83.8 Å². The van der Waals surface area contributed by atoms with Crippen molar-refractivity contribution in [3.05, 3.63) is 0 Å². The largest absolute Gasteiger partial charge is 0.342 e. The average Bonchev–Trinajstić information content (AvgIpc) is 2.95. The molecular formula is C16H28N2O2. The molecule has 0 aromatic carbocycles. The van der Waals surface area contributed by atoms with Crippen LogP contribution in [0.5, 0.6) is 0 Å². The Labute approximate surface area is 122 Å². The maximum absolute atomic E-state index is 12.9. The van der Waals surface area contributed by atoms with Crippen molar-refractivity contribution < 1.29 is 9.59 Å². The molecule has 3 unspecified atom stereocenters. The van der Waals surface area contributed by atoms with Gasteiger partial charge in [0.05, 0.1) is 0 Å². The van der Waals surface area contributed by atoms with Gasteiger partial charge in [-0.1, -0.05) is 46.5 Å². The molecule has 114 valence electrons. The van der Waals surface area contributed by atoms with Crippen LogP contribution in [0.4, 0.5) is 0 Å². The summed E-state index contributed by atoms with van der Waals surface area (Å²) in [6.07, 6.45) is 7.11. The van der Waals surface area contributed by atoms with E-state index in [1.54, 1.807) is 0 Å². The van der Waals surface area contributed by atoms with Gasteiger partial charge in [-0.2, -0.15) is 0 Å². The molecular weight excluding hydrogens is 252 g/mol. The molecule has 0 radical (unpaired) electrons. The molecule has 4 nitrogen and oxygen atoms in total. The molecule has 1 aliphatic carbocycles. The molecule has 0 bridgehead atoms. The number of nitrogens with zero attached hydrogens (tertiary/aromatic N) is 1. The second-order valence-electron chi connectivity index (χ2n) is 6.36. The van der Waals surface area contributed by atoms with E-state index in [0.29, 0.717) is 0 Å². The van der Waals surface area contributed by atoms with Crippen LogP contribution in [-0.2, 0) is 9.59 Å². The maximum atomic E-state index is 12.9. The maximum Gasteiger partial charge on any atom is 0.246 e. The first-order valence-corrected chi connectivity index (χ1v) is 8.22. The summed E-state index contributed by atoms with van der Waals surface area (Å²) >= 11 is 0. The van der Waals surface area contributed by atoms with Gasteiger partial charge in [0, 0.05) is 6.04 Å². The van der Waals surface area contributed by atoms with E-state index in [1.807, 2.05) is 4.90 Å². The monoisotopic (exact) mass is 280 g/mol. The second-order valence-corrected chi connectivity index (χ2v) is 6.36. The van der Waals surface area contributed by atoms with E-state index < -0.39 is 0 Å². The van der Waals surface area contributed by atoms with Crippen molar-refractivity contribution in [3.63, 3.8) is 0 Å². The van der Waals surface area contributed by atoms with Gasteiger partial charge in [0.15, 0.2) is 0 Å². The van der Waals surface area contributed by atoms with Gasteiger partial charge in [-0.15, -0.1) is 0 Å². The summed E-state index contributed by atoms with van der Waals surface area (Å²) in [6, 6.07) is -0.270. The highest BCUT2D eigenvalue weighted by atomic mass is 16.2. The van der Waals surface area contributed by atoms with Crippen molar-refractivity contribution in [2.75, 3.05) is 0 Å². The number of carbonyl (C=O) groups is 2. The fourth-order valence-corrected chi connectivity index (χ4v) is 3.53. The minimum Gasteiger partial charge on any atom is -0.342 e. The molecule has 4 heteroatoms. The van der Waals surface area contributed by atoms with Crippen LogP contribution in [0.2, 0.25) is 0 Å². The number of piperazine rings is 1. The highest BCUT2D eigenvalue weighted by Crippen LogP contribution is 2.30. The smallest absolute Gasteiger partial charge is 0.246 e. The molecule has 0 aromatic rings. The molecule has 1 N–H and O–H groups in total. The van der Waals surface area contributed by atoms with Crippen LogP contribution >= 0.6 is 0 Å². The highest BCUT2D eigenvalue weighted by Gasteiger charge is 2.44. The van der Waals surface area contributed by atoms with Crippen molar-refractivity contribution in [2.24, 2.45) is 5.92 Å². The third-order valence-corrected chi connectivity index (χ3v) is 4.95. The Morgan fingerprint density at radius 2 is 1.90 bits per heavy atom. The van der Waals surface area contributed by atoms with Gasteiger partial charge < -0.3 is 10.2 Å². The normalized spacial score (nSPS) is 29.6. The lowest BCUT2D eigenvalue weighted by molar-refractivity contribution is -0.154. The Morgan fingerprint density at radius 1 is 1.25 bits per heavy atom. The number of hydrogen-bond acceptors (Lipinski definition) is 2. The van der Waals surface area contributed by atoms with Crippen LogP contribution in [-0.4, -0.2) is 34.8 Å². The Morgan fingerprint density at radius 3 is 2.45 bits per heavy atom. The van der Waals surface area contributed by atoms with Crippen molar-refractivity contribution in [1.29, 1.82) is 0 Å². The number of amides is 2. The Kier molecular flexibility index (Phi) is 5.06. The number of nitrogens with one attached hydrogen (secondary N) is 1. The zero-order valence-corrected chi connectivity index (χ0v) is 13.0. The lowest BCUT2D eigenvalue weighted by Gasteiger charge is -2.44. The van der Waals surface area contributed by atoms with E-state index in [1.165, 1.54) is 12.8 Å². The van der Waals surface area contributed by atoms with Crippen LogP contribution in [0.3, 0.4) is 0 Å². The predicted octanol–water partition coefficient (Wildman–Crippen LogP) is 2.47. The van der Waals surface area contributed by atoms with Crippen LogP contribution in [0.15, 0.2) is 0 Å². The molecule has 2 fully saturated rings. The molecule has 0 aromatic heterocycles. The van der Waals surface area contributed by atoms with Crippen molar-refractivity contribution >= 4 is 11.8 Å². The van der Waals surface area contributed by atoms with Gasteiger partial charge in [-0.05, 0) is 25.2 Å². The van der Waals surface area contributed by atoms with Gasteiger partial charge in [-0.3, -0.25) is 9.59 Å².